The van der Waals surface area contributed by atoms with Crippen molar-refractivity contribution in [1.29, 1.82) is 0 Å². The highest BCUT2D eigenvalue weighted by atomic mass is 16.5. The summed E-state index contributed by atoms with van der Waals surface area (Å²) in [5.41, 5.74) is 6.59. The molecule has 1 amide bonds. The summed E-state index contributed by atoms with van der Waals surface area (Å²) in [5.74, 6) is 0.741. The molecule has 0 spiro atoms. The Labute approximate surface area is 120 Å². The molecular weight excluding hydrogens is 256 g/mol. The maximum atomic E-state index is 11.9. The summed E-state index contributed by atoms with van der Waals surface area (Å²) in [6, 6.07) is 6.71. The van der Waals surface area contributed by atoms with Crippen molar-refractivity contribution in [2.24, 2.45) is 11.7 Å². The number of hydrogen-bond donors (Lipinski definition) is 2. The number of benzene rings is 1. The van der Waals surface area contributed by atoms with Crippen LogP contribution >= 0.6 is 0 Å². The Morgan fingerprint density at radius 2 is 1.95 bits per heavy atom. The Kier molecular flexibility index (Phi) is 7.04. The normalized spacial score (nSPS) is 13.6. The second-order valence-electron chi connectivity index (χ2n) is 4.77. The second kappa shape index (κ2) is 8.55. The predicted octanol–water partition coefficient (Wildman–Crippen LogP) is 2.02. The second-order valence-corrected chi connectivity index (χ2v) is 4.77. The fraction of sp³-hybridized carbons (Fsp3) is 0.533. The Morgan fingerprint density at radius 1 is 1.30 bits per heavy atom. The number of carbonyl (C=O) groups is 1. The van der Waals surface area contributed by atoms with Gasteiger partial charge in [-0.3, -0.25) is 4.79 Å². The number of hydrogen-bond acceptors (Lipinski definition) is 4. The third kappa shape index (κ3) is 5.19. The maximum Gasteiger partial charge on any atom is 0.241 e. The summed E-state index contributed by atoms with van der Waals surface area (Å²) < 4.78 is 10.4. The topological polar surface area (TPSA) is 73.6 Å². The van der Waals surface area contributed by atoms with Gasteiger partial charge in [0.1, 0.15) is 12.4 Å². The summed E-state index contributed by atoms with van der Waals surface area (Å²) >= 11 is 0. The fourth-order valence-corrected chi connectivity index (χ4v) is 1.62. The number of rotatable bonds is 8. The average molecular weight is 280 g/mol. The summed E-state index contributed by atoms with van der Waals surface area (Å²) in [4.78, 5) is 11.9. The van der Waals surface area contributed by atoms with E-state index in [4.69, 9.17) is 15.2 Å². The van der Waals surface area contributed by atoms with Gasteiger partial charge in [-0.05, 0) is 30.2 Å². The van der Waals surface area contributed by atoms with Gasteiger partial charge in [0, 0.05) is 12.8 Å². The fourth-order valence-electron chi connectivity index (χ4n) is 1.62. The summed E-state index contributed by atoms with van der Waals surface area (Å²) in [6.07, 6.45) is 0.876. The van der Waals surface area contributed by atoms with Crippen LogP contribution < -0.4 is 15.8 Å². The van der Waals surface area contributed by atoms with E-state index in [-0.39, 0.29) is 11.8 Å². The van der Waals surface area contributed by atoms with Crippen LogP contribution in [-0.4, -0.2) is 32.3 Å². The smallest absolute Gasteiger partial charge is 0.241 e. The lowest BCUT2D eigenvalue weighted by Crippen LogP contribution is -2.40. The van der Waals surface area contributed by atoms with E-state index in [0.717, 1.165) is 12.2 Å². The van der Waals surface area contributed by atoms with Crippen molar-refractivity contribution >= 4 is 11.6 Å². The zero-order valence-corrected chi connectivity index (χ0v) is 12.4. The number of carbonyl (C=O) groups excluding carboxylic acids is 1. The molecule has 3 N–H and O–H groups in total. The quantitative estimate of drug-likeness (QED) is 0.715. The van der Waals surface area contributed by atoms with Crippen LogP contribution in [0.3, 0.4) is 0 Å². The van der Waals surface area contributed by atoms with Gasteiger partial charge in [-0.2, -0.15) is 0 Å². The zero-order valence-electron chi connectivity index (χ0n) is 12.4. The third-order valence-corrected chi connectivity index (χ3v) is 3.24. The van der Waals surface area contributed by atoms with Crippen molar-refractivity contribution < 1.29 is 14.3 Å². The first kappa shape index (κ1) is 16.5. The molecule has 1 aromatic carbocycles. The molecule has 0 saturated heterocycles. The van der Waals surface area contributed by atoms with Gasteiger partial charge in [0.05, 0.1) is 12.6 Å². The van der Waals surface area contributed by atoms with Crippen molar-refractivity contribution in [1.82, 2.24) is 0 Å². The largest absolute Gasteiger partial charge is 0.491 e. The molecule has 0 aliphatic rings. The van der Waals surface area contributed by atoms with E-state index in [1.165, 1.54) is 0 Å². The van der Waals surface area contributed by atoms with E-state index in [2.05, 4.69) is 5.32 Å². The standard InChI is InChI=1S/C15H24N2O3/c1-4-11(2)14(16)15(18)17-12-5-7-13(8-6-12)20-10-9-19-3/h5-8,11,14H,4,9-10,16H2,1-3H3,(H,17,18)/t11?,14-/m0/s1. The number of methoxy groups -OCH3 is 1. The van der Waals surface area contributed by atoms with Crippen LogP contribution in [0.5, 0.6) is 5.75 Å². The van der Waals surface area contributed by atoms with Crippen molar-refractivity contribution in [2.45, 2.75) is 26.3 Å². The molecule has 5 heteroatoms. The SMILES string of the molecule is CCC(C)[C@H](N)C(=O)Nc1ccc(OCCOC)cc1. The van der Waals surface area contributed by atoms with Crippen LogP contribution in [0.25, 0.3) is 0 Å². The van der Waals surface area contributed by atoms with Gasteiger partial charge in [-0.15, -0.1) is 0 Å². The van der Waals surface area contributed by atoms with Crippen LogP contribution in [0, 0.1) is 5.92 Å². The molecule has 0 bridgehead atoms. The molecular formula is C15H24N2O3. The first-order chi connectivity index (χ1) is 9.58. The Bertz CT molecular complexity index is 406. The van der Waals surface area contributed by atoms with Gasteiger partial charge in [-0.1, -0.05) is 20.3 Å². The van der Waals surface area contributed by atoms with Gasteiger partial charge in [0.15, 0.2) is 0 Å². The highest BCUT2D eigenvalue weighted by Gasteiger charge is 2.19. The van der Waals surface area contributed by atoms with Gasteiger partial charge >= 0.3 is 0 Å². The Morgan fingerprint density at radius 3 is 2.50 bits per heavy atom. The molecule has 1 aromatic rings. The Hall–Kier alpha value is -1.59. The molecule has 0 fully saturated rings. The molecule has 2 atom stereocenters. The molecule has 5 nitrogen and oxygen atoms in total. The summed E-state index contributed by atoms with van der Waals surface area (Å²) in [7, 11) is 1.63. The minimum absolute atomic E-state index is 0.159. The van der Waals surface area contributed by atoms with Crippen LogP contribution in [-0.2, 0) is 9.53 Å². The zero-order chi connectivity index (χ0) is 15.0. The molecule has 112 valence electrons. The van der Waals surface area contributed by atoms with Crippen molar-refractivity contribution in [3.8, 4) is 5.75 Å². The molecule has 20 heavy (non-hydrogen) atoms. The van der Waals surface area contributed by atoms with Gasteiger partial charge < -0.3 is 20.5 Å². The van der Waals surface area contributed by atoms with Crippen LogP contribution in [0.2, 0.25) is 0 Å². The minimum atomic E-state index is -0.488. The van der Waals surface area contributed by atoms with Gasteiger partial charge in [-0.25, -0.2) is 0 Å². The lowest BCUT2D eigenvalue weighted by Gasteiger charge is -2.17. The molecule has 1 rings (SSSR count). The molecule has 0 aliphatic heterocycles. The van der Waals surface area contributed by atoms with Crippen molar-refractivity contribution in [3.05, 3.63) is 24.3 Å². The van der Waals surface area contributed by atoms with Gasteiger partial charge in [0.25, 0.3) is 0 Å². The van der Waals surface area contributed by atoms with E-state index >= 15 is 0 Å². The molecule has 1 unspecified atom stereocenters. The van der Waals surface area contributed by atoms with E-state index < -0.39 is 6.04 Å². The molecule has 0 radical (unpaired) electrons. The summed E-state index contributed by atoms with van der Waals surface area (Å²) in [6.45, 7) is 5.03. The van der Waals surface area contributed by atoms with Crippen LogP contribution in [0.15, 0.2) is 24.3 Å². The van der Waals surface area contributed by atoms with Gasteiger partial charge in [0.2, 0.25) is 5.91 Å². The van der Waals surface area contributed by atoms with E-state index in [9.17, 15) is 4.79 Å². The number of nitrogens with two attached hydrogens (primary N) is 1. The lowest BCUT2D eigenvalue weighted by molar-refractivity contribution is -0.118. The monoisotopic (exact) mass is 280 g/mol. The predicted molar refractivity (Wildman–Crippen MR) is 79.9 cm³/mol. The molecule has 0 aliphatic carbocycles. The highest BCUT2D eigenvalue weighted by Crippen LogP contribution is 2.16. The Balaban J connectivity index is 2.50. The van der Waals surface area contributed by atoms with Crippen LogP contribution in [0.1, 0.15) is 20.3 Å². The highest BCUT2D eigenvalue weighted by molar-refractivity contribution is 5.94. The number of ether oxygens (including phenoxy) is 2. The van der Waals surface area contributed by atoms with E-state index in [1.807, 2.05) is 13.8 Å². The maximum absolute atomic E-state index is 11.9. The lowest BCUT2D eigenvalue weighted by atomic mass is 9.99. The minimum Gasteiger partial charge on any atom is -0.491 e. The third-order valence-electron chi connectivity index (χ3n) is 3.24. The molecule has 0 heterocycles. The molecule has 0 aromatic heterocycles. The van der Waals surface area contributed by atoms with E-state index in [0.29, 0.717) is 18.9 Å². The number of anilines is 1. The van der Waals surface area contributed by atoms with E-state index in [1.54, 1.807) is 31.4 Å². The molecule has 0 saturated carbocycles. The van der Waals surface area contributed by atoms with Crippen molar-refractivity contribution in [2.75, 3.05) is 25.6 Å². The number of nitrogens with one attached hydrogen (secondary N) is 1. The van der Waals surface area contributed by atoms with Crippen LogP contribution in [0.4, 0.5) is 5.69 Å². The first-order valence-electron chi connectivity index (χ1n) is 6.86. The van der Waals surface area contributed by atoms with Crippen molar-refractivity contribution in [3.63, 3.8) is 0 Å². The average Bonchev–Trinajstić information content (AvgIpc) is 2.47. The summed E-state index contributed by atoms with van der Waals surface area (Å²) in [5, 5.41) is 2.81. The number of amides is 1. The first-order valence-corrected chi connectivity index (χ1v) is 6.86.